The molecule has 1 saturated heterocycles. The lowest BCUT2D eigenvalue weighted by molar-refractivity contribution is -0.0605. The third-order valence-electron chi connectivity index (χ3n) is 4.37. The van der Waals surface area contributed by atoms with E-state index < -0.39 is 5.60 Å². The molecule has 0 atom stereocenters. The summed E-state index contributed by atoms with van der Waals surface area (Å²) in [6.45, 7) is 1.78. The van der Waals surface area contributed by atoms with E-state index in [2.05, 4.69) is 5.32 Å². The van der Waals surface area contributed by atoms with Gasteiger partial charge in [0.25, 0.3) is 5.91 Å². The van der Waals surface area contributed by atoms with E-state index in [-0.39, 0.29) is 12.5 Å². The van der Waals surface area contributed by atoms with Crippen molar-refractivity contribution in [2.75, 3.05) is 19.8 Å². The lowest BCUT2D eigenvalue weighted by atomic mass is 9.94. The third-order valence-corrected chi connectivity index (χ3v) is 4.37. The second-order valence-corrected chi connectivity index (χ2v) is 6.32. The number of nitrogens with one attached hydrogen (secondary N) is 1. The molecule has 2 N–H and O–H groups in total. The maximum atomic E-state index is 12.2. The van der Waals surface area contributed by atoms with E-state index in [0.29, 0.717) is 44.0 Å². The predicted molar refractivity (Wildman–Crippen MR) is 94.6 cm³/mol. The van der Waals surface area contributed by atoms with Crippen LogP contribution in [-0.2, 0) is 11.3 Å². The zero-order valence-corrected chi connectivity index (χ0v) is 14.1. The van der Waals surface area contributed by atoms with Crippen molar-refractivity contribution < 1.29 is 19.4 Å². The number of benzene rings is 2. The van der Waals surface area contributed by atoms with E-state index in [1.54, 1.807) is 24.3 Å². The quantitative estimate of drug-likeness (QED) is 0.847. The minimum Gasteiger partial charge on any atom is -0.489 e. The van der Waals surface area contributed by atoms with Crippen molar-refractivity contribution in [2.45, 2.75) is 25.0 Å². The van der Waals surface area contributed by atoms with Crippen LogP contribution in [0.5, 0.6) is 5.75 Å². The van der Waals surface area contributed by atoms with E-state index in [1.165, 1.54) is 0 Å². The molecule has 132 valence electrons. The van der Waals surface area contributed by atoms with Gasteiger partial charge in [0.2, 0.25) is 0 Å². The van der Waals surface area contributed by atoms with Gasteiger partial charge in [0, 0.05) is 38.2 Å². The standard InChI is InChI=1S/C20H23NO4/c22-19(21-15-20(23)10-12-24-13-11-20)17-6-8-18(9-7-17)25-14-16-4-2-1-3-5-16/h1-9,23H,10-15H2,(H,21,22). The van der Waals surface area contributed by atoms with Crippen molar-refractivity contribution >= 4 is 5.91 Å². The van der Waals surface area contributed by atoms with Crippen LogP contribution in [0.25, 0.3) is 0 Å². The van der Waals surface area contributed by atoms with Gasteiger partial charge in [-0.2, -0.15) is 0 Å². The Balaban J connectivity index is 1.50. The molecule has 0 saturated carbocycles. The van der Waals surface area contributed by atoms with Crippen LogP contribution in [0.1, 0.15) is 28.8 Å². The molecular formula is C20H23NO4. The molecule has 0 bridgehead atoms. The number of aliphatic hydroxyl groups is 1. The molecule has 1 amide bonds. The van der Waals surface area contributed by atoms with E-state index in [1.807, 2.05) is 30.3 Å². The Morgan fingerprint density at radius 1 is 1.08 bits per heavy atom. The topological polar surface area (TPSA) is 67.8 Å². The van der Waals surface area contributed by atoms with Crippen molar-refractivity contribution in [3.8, 4) is 5.75 Å². The fourth-order valence-corrected chi connectivity index (χ4v) is 2.72. The molecule has 0 unspecified atom stereocenters. The monoisotopic (exact) mass is 341 g/mol. The highest BCUT2D eigenvalue weighted by Gasteiger charge is 2.30. The minimum absolute atomic E-state index is 0.200. The highest BCUT2D eigenvalue weighted by molar-refractivity contribution is 5.94. The van der Waals surface area contributed by atoms with Crippen molar-refractivity contribution in [1.29, 1.82) is 0 Å². The lowest BCUT2D eigenvalue weighted by Gasteiger charge is -2.32. The summed E-state index contributed by atoms with van der Waals surface area (Å²) in [4.78, 5) is 12.2. The van der Waals surface area contributed by atoms with E-state index in [9.17, 15) is 9.90 Å². The zero-order valence-electron chi connectivity index (χ0n) is 14.1. The maximum Gasteiger partial charge on any atom is 0.251 e. The molecule has 0 aromatic heterocycles. The summed E-state index contributed by atoms with van der Waals surface area (Å²) in [5.74, 6) is 0.512. The average Bonchev–Trinajstić information content (AvgIpc) is 2.66. The van der Waals surface area contributed by atoms with E-state index in [0.717, 1.165) is 5.56 Å². The predicted octanol–water partition coefficient (Wildman–Crippen LogP) is 2.54. The Morgan fingerprint density at radius 2 is 1.76 bits per heavy atom. The van der Waals surface area contributed by atoms with Gasteiger partial charge in [-0.05, 0) is 29.8 Å². The van der Waals surface area contributed by atoms with Gasteiger partial charge in [-0.3, -0.25) is 4.79 Å². The molecule has 2 aromatic rings. The normalized spacial score (nSPS) is 16.2. The van der Waals surface area contributed by atoms with Crippen molar-refractivity contribution in [1.82, 2.24) is 5.32 Å². The molecule has 0 radical (unpaired) electrons. The SMILES string of the molecule is O=C(NCC1(O)CCOCC1)c1ccc(OCc2ccccc2)cc1. The smallest absolute Gasteiger partial charge is 0.251 e. The van der Waals surface area contributed by atoms with Crippen molar-refractivity contribution in [2.24, 2.45) is 0 Å². The van der Waals surface area contributed by atoms with Crippen LogP contribution in [0.3, 0.4) is 0 Å². The summed E-state index contributed by atoms with van der Waals surface area (Å²) >= 11 is 0. The summed E-state index contributed by atoms with van der Waals surface area (Å²) in [6.07, 6.45) is 1.08. The average molecular weight is 341 g/mol. The van der Waals surface area contributed by atoms with Gasteiger partial charge in [0.15, 0.2) is 0 Å². The van der Waals surface area contributed by atoms with Gasteiger partial charge in [-0.25, -0.2) is 0 Å². The van der Waals surface area contributed by atoms with Crippen molar-refractivity contribution in [3.63, 3.8) is 0 Å². The van der Waals surface area contributed by atoms with E-state index in [4.69, 9.17) is 9.47 Å². The number of hydrogen-bond donors (Lipinski definition) is 2. The second-order valence-electron chi connectivity index (χ2n) is 6.32. The van der Waals surface area contributed by atoms with Crippen LogP contribution in [0.2, 0.25) is 0 Å². The zero-order chi connectivity index (χ0) is 17.5. The highest BCUT2D eigenvalue weighted by atomic mass is 16.5. The Morgan fingerprint density at radius 3 is 2.44 bits per heavy atom. The van der Waals surface area contributed by atoms with Gasteiger partial charge in [-0.15, -0.1) is 0 Å². The lowest BCUT2D eigenvalue weighted by Crippen LogP contribution is -2.46. The molecule has 1 aliphatic rings. The highest BCUT2D eigenvalue weighted by Crippen LogP contribution is 2.20. The van der Waals surface area contributed by atoms with Gasteiger partial charge in [0.05, 0.1) is 5.60 Å². The first-order valence-electron chi connectivity index (χ1n) is 8.50. The Hall–Kier alpha value is -2.37. The summed E-state index contributed by atoms with van der Waals surface area (Å²) < 4.78 is 11.0. The molecule has 3 rings (SSSR count). The van der Waals surface area contributed by atoms with Crippen molar-refractivity contribution in [3.05, 3.63) is 65.7 Å². The maximum absolute atomic E-state index is 12.2. The molecule has 1 heterocycles. The Kier molecular flexibility index (Phi) is 5.68. The van der Waals surface area contributed by atoms with Crippen LogP contribution in [0, 0.1) is 0 Å². The third kappa shape index (κ3) is 5.05. The first kappa shape index (κ1) is 17.5. The first-order chi connectivity index (χ1) is 12.1. The number of rotatable bonds is 6. The van der Waals surface area contributed by atoms with Crippen LogP contribution in [-0.4, -0.2) is 36.4 Å². The van der Waals surface area contributed by atoms with E-state index >= 15 is 0 Å². The van der Waals surface area contributed by atoms with Crippen LogP contribution < -0.4 is 10.1 Å². The van der Waals surface area contributed by atoms with Gasteiger partial charge in [-0.1, -0.05) is 30.3 Å². The molecular weight excluding hydrogens is 318 g/mol. The minimum atomic E-state index is -0.868. The van der Waals surface area contributed by atoms with Crippen LogP contribution in [0.15, 0.2) is 54.6 Å². The molecule has 5 heteroatoms. The molecule has 0 aliphatic carbocycles. The summed E-state index contributed by atoms with van der Waals surface area (Å²) in [5, 5.41) is 13.2. The molecule has 1 aliphatic heterocycles. The summed E-state index contributed by atoms with van der Waals surface area (Å²) in [5.41, 5.74) is 0.767. The molecule has 25 heavy (non-hydrogen) atoms. The van der Waals surface area contributed by atoms with Crippen LogP contribution in [0.4, 0.5) is 0 Å². The second kappa shape index (κ2) is 8.14. The number of ether oxygens (including phenoxy) is 2. The molecule has 5 nitrogen and oxygen atoms in total. The number of hydrogen-bond acceptors (Lipinski definition) is 4. The Labute approximate surface area is 147 Å². The fourth-order valence-electron chi connectivity index (χ4n) is 2.72. The largest absolute Gasteiger partial charge is 0.489 e. The fraction of sp³-hybridized carbons (Fsp3) is 0.350. The van der Waals surface area contributed by atoms with Gasteiger partial charge < -0.3 is 19.9 Å². The number of carbonyl (C=O) groups excluding carboxylic acids is 1. The molecule has 1 fully saturated rings. The molecule has 0 spiro atoms. The van der Waals surface area contributed by atoms with Gasteiger partial charge >= 0.3 is 0 Å². The molecule has 2 aromatic carbocycles. The Bertz CT molecular complexity index is 679. The number of carbonyl (C=O) groups is 1. The van der Waals surface area contributed by atoms with Gasteiger partial charge in [0.1, 0.15) is 12.4 Å². The first-order valence-corrected chi connectivity index (χ1v) is 8.50. The van der Waals surface area contributed by atoms with Crippen LogP contribution >= 0.6 is 0 Å². The number of amides is 1. The summed E-state index contributed by atoms with van der Waals surface area (Å²) in [7, 11) is 0. The summed E-state index contributed by atoms with van der Waals surface area (Å²) in [6, 6.07) is 16.9.